The number of allylic oxidation sites excluding steroid dienone is 1. The van der Waals surface area contributed by atoms with E-state index in [0.29, 0.717) is 32.6 Å². The summed E-state index contributed by atoms with van der Waals surface area (Å²) in [5, 5.41) is 11.5. The Morgan fingerprint density at radius 3 is 2.52 bits per heavy atom. The lowest BCUT2D eigenvalue weighted by Gasteiger charge is -2.45. The zero-order valence-electron chi connectivity index (χ0n) is 17.1. The number of sulfonamides is 1. The molecule has 1 amide bonds. The molecular weight excluding hydrogens is 410 g/mol. The summed E-state index contributed by atoms with van der Waals surface area (Å²) in [6, 6.07) is 6.76. The van der Waals surface area contributed by atoms with Crippen molar-refractivity contribution in [3.63, 3.8) is 0 Å². The first-order chi connectivity index (χ1) is 13.7. The number of amides is 1. The fourth-order valence-corrected chi connectivity index (χ4v) is 6.99. The van der Waals surface area contributed by atoms with Crippen LogP contribution < -0.4 is 4.90 Å². The lowest BCUT2D eigenvalue weighted by atomic mass is 10.1. The number of benzene rings is 1. The van der Waals surface area contributed by atoms with Gasteiger partial charge in [0.1, 0.15) is 10.3 Å². The van der Waals surface area contributed by atoms with E-state index in [4.69, 9.17) is 0 Å². The van der Waals surface area contributed by atoms with E-state index in [9.17, 15) is 18.3 Å². The molecule has 0 aromatic heterocycles. The van der Waals surface area contributed by atoms with Gasteiger partial charge in [0.2, 0.25) is 15.9 Å². The van der Waals surface area contributed by atoms with E-state index < -0.39 is 14.6 Å². The summed E-state index contributed by atoms with van der Waals surface area (Å²) in [7, 11) is -3.42. The molecule has 1 aromatic rings. The minimum Gasteiger partial charge on any atom is -0.508 e. The number of hydrogen-bond acceptors (Lipinski definition) is 6. The van der Waals surface area contributed by atoms with Crippen LogP contribution in [0.15, 0.2) is 35.7 Å². The maximum atomic E-state index is 13.1. The van der Waals surface area contributed by atoms with Gasteiger partial charge < -0.3 is 14.9 Å². The summed E-state index contributed by atoms with van der Waals surface area (Å²) >= 11 is 1.35. The van der Waals surface area contributed by atoms with Gasteiger partial charge in [-0.15, -0.1) is 11.8 Å². The van der Waals surface area contributed by atoms with Gasteiger partial charge in [-0.3, -0.25) is 4.79 Å². The average Bonchev–Trinajstić information content (AvgIpc) is 3.22. The molecule has 0 spiro atoms. The van der Waals surface area contributed by atoms with Crippen molar-refractivity contribution in [2.75, 3.05) is 31.1 Å². The number of carbonyl (C=O) groups is 1. The lowest BCUT2D eigenvalue weighted by Crippen LogP contribution is -2.60. The van der Waals surface area contributed by atoms with E-state index in [1.54, 1.807) is 28.3 Å². The van der Waals surface area contributed by atoms with Crippen LogP contribution in [0.5, 0.6) is 5.75 Å². The van der Waals surface area contributed by atoms with Crippen LogP contribution in [0, 0.1) is 0 Å². The highest BCUT2D eigenvalue weighted by Crippen LogP contribution is 2.33. The Bertz CT molecular complexity index is 847. The second-order valence-corrected chi connectivity index (χ2v) is 11.2. The van der Waals surface area contributed by atoms with Gasteiger partial charge >= 0.3 is 0 Å². The molecule has 1 fully saturated rings. The Morgan fingerprint density at radius 2 is 1.97 bits per heavy atom. The first-order valence-electron chi connectivity index (χ1n) is 9.82. The van der Waals surface area contributed by atoms with Crippen molar-refractivity contribution < 1.29 is 18.3 Å². The first-order valence-corrected chi connectivity index (χ1v) is 12.3. The van der Waals surface area contributed by atoms with E-state index in [2.05, 4.69) is 4.90 Å². The molecule has 0 aliphatic carbocycles. The number of phenolic OH excluding ortho intramolecular Hbond substituents is 1. The number of anilines is 1. The Kier molecular flexibility index (Phi) is 6.80. The van der Waals surface area contributed by atoms with Crippen LogP contribution in [0.4, 0.5) is 5.69 Å². The normalized spacial score (nSPS) is 23.0. The molecule has 1 saturated heterocycles. The zero-order chi connectivity index (χ0) is 21.2. The first kappa shape index (κ1) is 22.0. The van der Waals surface area contributed by atoms with Crippen molar-refractivity contribution in [3.05, 3.63) is 35.7 Å². The maximum Gasteiger partial charge on any atom is 0.227 e. The molecule has 1 N–H and O–H groups in total. The summed E-state index contributed by atoms with van der Waals surface area (Å²) in [4.78, 5) is 16.1. The molecule has 2 heterocycles. The second kappa shape index (κ2) is 8.97. The molecular formula is C20H29N3O4S2. The number of piperazine rings is 1. The average molecular weight is 440 g/mol. The lowest BCUT2D eigenvalue weighted by molar-refractivity contribution is -0.130. The van der Waals surface area contributed by atoms with Crippen molar-refractivity contribution in [2.45, 2.75) is 43.9 Å². The predicted octanol–water partition coefficient (Wildman–Crippen LogP) is 2.45. The summed E-state index contributed by atoms with van der Waals surface area (Å²) in [6.07, 6.45) is 2.43. The van der Waals surface area contributed by atoms with Gasteiger partial charge in [-0.25, -0.2) is 8.42 Å². The minimum atomic E-state index is -3.42. The molecule has 1 aromatic carbocycles. The van der Waals surface area contributed by atoms with Gasteiger partial charge in [0.05, 0.1) is 6.04 Å². The van der Waals surface area contributed by atoms with E-state index in [-0.39, 0.29) is 23.7 Å². The van der Waals surface area contributed by atoms with Crippen LogP contribution in [0.3, 0.4) is 0 Å². The van der Waals surface area contributed by atoms with Crippen LogP contribution in [0.1, 0.15) is 27.2 Å². The van der Waals surface area contributed by atoms with E-state index >= 15 is 0 Å². The highest BCUT2D eigenvalue weighted by atomic mass is 32.3. The van der Waals surface area contributed by atoms with Crippen molar-refractivity contribution in [1.29, 1.82) is 0 Å². The van der Waals surface area contributed by atoms with Crippen LogP contribution in [0.25, 0.3) is 0 Å². The Morgan fingerprint density at radius 1 is 1.28 bits per heavy atom. The molecule has 1 unspecified atom stereocenters. The van der Waals surface area contributed by atoms with Gasteiger partial charge in [0.25, 0.3) is 0 Å². The smallest absolute Gasteiger partial charge is 0.227 e. The monoisotopic (exact) mass is 439 g/mol. The van der Waals surface area contributed by atoms with Gasteiger partial charge in [0, 0.05) is 44.8 Å². The van der Waals surface area contributed by atoms with Crippen LogP contribution in [-0.2, 0) is 14.8 Å². The molecule has 0 bridgehead atoms. The van der Waals surface area contributed by atoms with E-state index in [1.807, 2.05) is 37.5 Å². The van der Waals surface area contributed by atoms with Crippen LogP contribution in [0.2, 0.25) is 0 Å². The topological polar surface area (TPSA) is 81.2 Å². The standard InChI is InChI=1S/C20H29N3O4S2/c1-15(2)23(16(3)24)14-18-13-21(29(26,27)20-5-4-12-28-20)10-11-22(18)17-6-8-19(25)9-7-17/h4,6-9,12,15,18,20,25H,5,10-11,13-14H2,1-3H3/t18-,20?/m1/s1. The number of rotatable bonds is 6. The van der Waals surface area contributed by atoms with E-state index in [0.717, 1.165) is 5.69 Å². The highest BCUT2D eigenvalue weighted by molar-refractivity contribution is 8.14. The number of thioether (sulfide) groups is 1. The number of hydrogen-bond donors (Lipinski definition) is 1. The fourth-order valence-electron chi connectivity index (χ4n) is 3.85. The maximum absolute atomic E-state index is 13.1. The predicted molar refractivity (Wildman–Crippen MR) is 117 cm³/mol. The molecule has 160 valence electrons. The fraction of sp³-hybridized carbons (Fsp3) is 0.550. The number of phenols is 1. The summed E-state index contributed by atoms with van der Waals surface area (Å²) < 4.78 is 27.3. The van der Waals surface area contributed by atoms with Crippen molar-refractivity contribution >= 4 is 33.4 Å². The third kappa shape index (κ3) is 4.90. The van der Waals surface area contributed by atoms with E-state index in [1.165, 1.54) is 11.8 Å². The quantitative estimate of drug-likeness (QED) is 0.733. The molecule has 2 aliphatic heterocycles. The molecule has 29 heavy (non-hydrogen) atoms. The van der Waals surface area contributed by atoms with Gasteiger partial charge in [-0.1, -0.05) is 6.08 Å². The Labute approximate surface area is 177 Å². The van der Waals surface area contributed by atoms with Crippen molar-refractivity contribution in [1.82, 2.24) is 9.21 Å². The molecule has 7 nitrogen and oxygen atoms in total. The molecule has 3 rings (SSSR count). The van der Waals surface area contributed by atoms with Gasteiger partial charge in [0.15, 0.2) is 0 Å². The van der Waals surface area contributed by atoms with Crippen LogP contribution in [-0.4, -0.2) is 71.5 Å². The number of nitrogens with zero attached hydrogens (tertiary/aromatic N) is 3. The van der Waals surface area contributed by atoms with Crippen LogP contribution >= 0.6 is 11.8 Å². The second-order valence-electron chi connectivity index (χ2n) is 7.70. The summed E-state index contributed by atoms with van der Waals surface area (Å²) in [5.41, 5.74) is 0.911. The molecule has 2 atom stereocenters. The Balaban J connectivity index is 1.86. The van der Waals surface area contributed by atoms with Crippen molar-refractivity contribution in [3.8, 4) is 5.75 Å². The SMILES string of the molecule is CC(=O)N(C[C@H]1CN(S(=O)(=O)C2CC=CS2)CCN1c1ccc(O)cc1)C(C)C. The third-order valence-electron chi connectivity index (χ3n) is 5.41. The molecule has 0 saturated carbocycles. The summed E-state index contributed by atoms with van der Waals surface area (Å²) in [5.74, 6) is 0.158. The summed E-state index contributed by atoms with van der Waals surface area (Å²) in [6.45, 7) is 7.17. The van der Waals surface area contributed by atoms with Crippen molar-refractivity contribution in [2.24, 2.45) is 0 Å². The van der Waals surface area contributed by atoms with Gasteiger partial charge in [-0.2, -0.15) is 4.31 Å². The number of carbonyl (C=O) groups excluding carboxylic acids is 1. The minimum absolute atomic E-state index is 0.0238. The Hall–Kier alpha value is -1.71. The molecule has 0 radical (unpaired) electrons. The molecule has 2 aliphatic rings. The van der Waals surface area contributed by atoms with Gasteiger partial charge in [-0.05, 0) is 49.9 Å². The molecule has 9 heteroatoms. The number of aromatic hydroxyl groups is 1. The third-order valence-corrected chi connectivity index (χ3v) is 9.23. The zero-order valence-corrected chi connectivity index (χ0v) is 18.7. The highest BCUT2D eigenvalue weighted by Gasteiger charge is 2.39. The largest absolute Gasteiger partial charge is 0.508 e.